The number of carbonyl (C=O) groups excluding carboxylic acids is 1. The van der Waals surface area contributed by atoms with Crippen molar-refractivity contribution in [3.05, 3.63) is 48.0 Å². The molecule has 1 atom stereocenters. The predicted molar refractivity (Wildman–Crippen MR) is 92.6 cm³/mol. The first-order valence-electron chi connectivity index (χ1n) is 9.04. The normalized spacial score (nSPS) is 18.4. The average Bonchev–Trinajstić information content (AvgIpc) is 3.19. The molecule has 0 aliphatic carbocycles. The standard InChI is InChI=1S/C18H17F7N4O2/c19-12-8-11(2-3-13(12)29-6-1-4-27-29)10-28-7-5-26-9-14(28)15(30)31-16(17(20,21)22)18(23,24)25/h1-4,6,8,14,16,26H,5,7,9-10H2. The molecule has 0 saturated carbocycles. The SMILES string of the molecule is O=C(OC(C(F)(F)F)C(F)(F)F)C1CNCCN1Cc1ccc(-n2cccn2)c(F)c1. The molecular weight excluding hydrogens is 437 g/mol. The van der Waals surface area contributed by atoms with E-state index in [1.54, 1.807) is 6.07 Å². The Hall–Kier alpha value is -2.67. The first-order chi connectivity index (χ1) is 14.5. The van der Waals surface area contributed by atoms with Crippen LogP contribution in [0, 0.1) is 5.82 Å². The third-order valence-corrected chi connectivity index (χ3v) is 4.60. The topological polar surface area (TPSA) is 59.4 Å². The number of piperazine rings is 1. The number of esters is 1. The maximum Gasteiger partial charge on any atom is 0.434 e. The fourth-order valence-corrected chi connectivity index (χ4v) is 3.16. The molecule has 1 aliphatic rings. The molecule has 13 heteroatoms. The number of ether oxygens (including phenoxy) is 1. The summed E-state index contributed by atoms with van der Waals surface area (Å²) in [4.78, 5) is 13.5. The van der Waals surface area contributed by atoms with E-state index in [1.807, 2.05) is 0 Å². The number of alkyl halides is 6. The number of carbonyl (C=O) groups is 1. The van der Waals surface area contributed by atoms with Crippen LogP contribution < -0.4 is 5.32 Å². The molecule has 0 spiro atoms. The van der Waals surface area contributed by atoms with Crippen molar-refractivity contribution >= 4 is 5.97 Å². The maximum atomic E-state index is 14.4. The smallest absolute Gasteiger partial charge is 0.434 e. The number of halogens is 7. The summed E-state index contributed by atoms with van der Waals surface area (Å²) in [5.41, 5.74) is 0.527. The van der Waals surface area contributed by atoms with E-state index in [0.717, 1.165) is 6.07 Å². The van der Waals surface area contributed by atoms with Crippen LogP contribution in [0.2, 0.25) is 0 Å². The fraction of sp³-hybridized carbons (Fsp3) is 0.444. The second-order valence-electron chi connectivity index (χ2n) is 6.83. The van der Waals surface area contributed by atoms with E-state index in [-0.39, 0.29) is 25.3 Å². The van der Waals surface area contributed by atoms with E-state index < -0.39 is 36.3 Å². The average molecular weight is 454 g/mol. The molecule has 1 aromatic heterocycles. The summed E-state index contributed by atoms with van der Waals surface area (Å²) in [6, 6.07) is 4.31. The van der Waals surface area contributed by atoms with Gasteiger partial charge in [-0.3, -0.25) is 9.69 Å². The van der Waals surface area contributed by atoms with Gasteiger partial charge >= 0.3 is 18.3 Å². The summed E-state index contributed by atoms with van der Waals surface area (Å²) < 4.78 is 95.8. The van der Waals surface area contributed by atoms with Gasteiger partial charge in [-0.1, -0.05) is 6.07 Å². The number of nitrogens with one attached hydrogen (secondary N) is 1. The fourth-order valence-electron chi connectivity index (χ4n) is 3.16. The van der Waals surface area contributed by atoms with Crippen molar-refractivity contribution < 1.29 is 40.3 Å². The second-order valence-corrected chi connectivity index (χ2v) is 6.83. The van der Waals surface area contributed by atoms with Crippen molar-refractivity contribution in [2.75, 3.05) is 19.6 Å². The minimum atomic E-state index is -5.80. The van der Waals surface area contributed by atoms with E-state index in [4.69, 9.17) is 0 Å². The van der Waals surface area contributed by atoms with Crippen molar-refractivity contribution in [2.45, 2.75) is 31.0 Å². The molecule has 2 aromatic rings. The molecule has 170 valence electrons. The van der Waals surface area contributed by atoms with Gasteiger partial charge < -0.3 is 10.1 Å². The number of hydrogen-bond acceptors (Lipinski definition) is 5. The summed E-state index contributed by atoms with van der Waals surface area (Å²) in [6.45, 7) is 0.167. The Morgan fingerprint density at radius 1 is 1.23 bits per heavy atom. The van der Waals surface area contributed by atoms with Crippen molar-refractivity contribution in [2.24, 2.45) is 0 Å². The molecule has 1 aliphatic heterocycles. The highest BCUT2D eigenvalue weighted by Gasteiger charge is 2.60. The van der Waals surface area contributed by atoms with Gasteiger partial charge in [-0.05, 0) is 23.8 Å². The van der Waals surface area contributed by atoms with Crippen LogP contribution in [0.4, 0.5) is 30.7 Å². The Labute approximate surface area is 171 Å². The van der Waals surface area contributed by atoms with E-state index in [1.165, 1.54) is 34.1 Å². The summed E-state index contributed by atoms with van der Waals surface area (Å²) in [7, 11) is 0. The van der Waals surface area contributed by atoms with Crippen LogP contribution >= 0.6 is 0 Å². The van der Waals surface area contributed by atoms with E-state index in [2.05, 4.69) is 15.2 Å². The molecule has 0 amide bonds. The van der Waals surface area contributed by atoms with Crippen LogP contribution in [0.1, 0.15) is 5.56 Å². The van der Waals surface area contributed by atoms with Crippen molar-refractivity contribution in [3.63, 3.8) is 0 Å². The van der Waals surface area contributed by atoms with Crippen LogP contribution in [0.3, 0.4) is 0 Å². The molecule has 31 heavy (non-hydrogen) atoms. The number of hydrogen-bond donors (Lipinski definition) is 1. The molecule has 1 N–H and O–H groups in total. The third kappa shape index (κ3) is 5.53. The van der Waals surface area contributed by atoms with Crippen LogP contribution in [0.5, 0.6) is 0 Å². The lowest BCUT2D eigenvalue weighted by Gasteiger charge is -2.35. The molecule has 0 radical (unpaired) electrons. The van der Waals surface area contributed by atoms with Gasteiger partial charge in [0.05, 0.1) is 0 Å². The summed E-state index contributed by atoms with van der Waals surface area (Å²) in [5.74, 6) is -2.30. The van der Waals surface area contributed by atoms with Crippen molar-refractivity contribution in [1.82, 2.24) is 20.0 Å². The lowest BCUT2D eigenvalue weighted by molar-refractivity contribution is -0.314. The van der Waals surface area contributed by atoms with Crippen LogP contribution in [-0.2, 0) is 16.1 Å². The third-order valence-electron chi connectivity index (χ3n) is 4.60. The highest BCUT2D eigenvalue weighted by Crippen LogP contribution is 2.36. The molecule has 1 aromatic carbocycles. The molecule has 1 unspecified atom stereocenters. The van der Waals surface area contributed by atoms with E-state index >= 15 is 0 Å². The van der Waals surface area contributed by atoms with Gasteiger partial charge in [0.25, 0.3) is 6.10 Å². The quantitative estimate of drug-likeness (QED) is 0.557. The Morgan fingerprint density at radius 3 is 2.52 bits per heavy atom. The molecular formula is C18H17F7N4O2. The van der Waals surface area contributed by atoms with Gasteiger partial charge in [0.2, 0.25) is 0 Å². The Bertz CT molecular complexity index is 885. The van der Waals surface area contributed by atoms with Crippen molar-refractivity contribution in [1.29, 1.82) is 0 Å². The van der Waals surface area contributed by atoms with Gasteiger partial charge in [-0.25, -0.2) is 9.07 Å². The van der Waals surface area contributed by atoms with E-state index in [0.29, 0.717) is 12.1 Å². The number of nitrogens with zero attached hydrogens (tertiary/aromatic N) is 3. The molecule has 1 fully saturated rings. The molecule has 1 saturated heterocycles. The van der Waals surface area contributed by atoms with Crippen molar-refractivity contribution in [3.8, 4) is 5.69 Å². The number of benzene rings is 1. The number of aromatic nitrogens is 2. The Balaban J connectivity index is 1.75. The summed E-state index contributed by atoms with van der Waals surface area (Å²) >= 11 is 0. The molecule has 2 heterocycles. The number of rotatable bonds is 5. The van der Waals surface area contributed by atoms with Crippen LogP contribution in [0.15, 0.2) is 36.7 Å². The van der Waals surface area contributed by atoms with Gasteiger partial charge in [0.1, 0.15) is 17.5 Å². The Morgan fingerprint density at radius 2 is 1.94 bits per heavy atom. The highest BCUT2D eigenvalue weighted by atomic mass is 19.4. The second kappa shape index (κ2) is 8.83. The lowest BCUT2D eigenvalue weighted by Crippen LogP contribution is -2.57. The van der Waals surface area contributed by atoms with Gasteiger partial charge in [-0.15, -0.1) is 0 Å². The van der Waals surface area contributed by atoms with E-state index in [9.17, 15) is 35.5 Å². The van der Waals surface area contributed by atoms with Crippen LogP contribution in [0.25, 0.3) is 5.69 Å². The minimum absolute atomic E-state index is 0.0829. The highest BCUT2D eigenvalue weighted by molar-refractivity contribution is 5.76. The Kier molecular flexibility index (Phi) is 6.55. The first kappa shape index (κ1) is 23.0. The predicted octanol–water partition coefficient (Wildman–Crippen LogP) is 2.82. The first-order valence-corrected chi connectivity index (χ1v) is 9.04. The zero-order chi connectivity index (χ0) is 22.8. The van der Waals surface area contributed by atoms with Gasteiger partial charge in [0.15, 0.2) is 0 Å². The van der Waals surface area contributed by atoms with Gasteiger partial charge in [0, 0.05) is 38.6 Å². The largest absolute Gasteiger partial charge is 0.442 e. The maximum absolute atomic E-state index is 14.4. The van der Waals surface area contributed by atoms with Gasteiger partial charge in [-0.2, -0.15) is 31.4 Å². The van der Waals surface area contributed by atoms with Crippen LogP contribution in [-0.4, -0.2) is 64.8 Å². The summed E-state index contributed by atoms with van der Waals surface area (Å²) in [6.07, 6.45) is -12.8. The lowest BCUT2D eigenvalue weighted by atomic mass is 10.1. The molecule has 6 nitrogen and oxygen atoms in total. The minimum Gasteiger partial charge on any atom is -0.442 e. The summed E-state index contributed by atoms with van der Waals surface area (Å²) in [5, 5.41) is 6.64. The molecule has 3 rings (SSSR count). The zero-order valence-electron chi connectivity index (χ0n) is 15.8. The monoisotopic (exact) mass is 454 g/mol. The zero-order valence-corrected chi connectivity index (χ0v) is 15.8. The molecule has 0 bridgehead atoms.